The van der Waals surface area contributed by atoms with Gasteiger partial charge in [0.1, 0.15) is 0 Å². The van der Waals surface area contributed by atoms with Gasteiger partial charge in [0.25, 0.3) is 0 Å². The van der Waals surface area contributed by atoms with Crippen molar-refractivity contribution < 1.29 is 0 Å². The highest BCUT2D eigenvalue weighted by atomic mass is 14.9. The molecule has 70 valence electrons. The maximum Gasteiger partial charge on any atom is 0.158 e. The summed E-state index contributed by atoms with van der Waals surface area (Å²) in [6, 6.07) is 3.82. The first kappa shape index (κ1) is 8.81. The van der Waals surface area contributed by atoms with Crippen molar-refractivity contribution in [2.24, 2.45) is 9.98 Å². The molecule has 0 aromatic carbocycles. The second kappa shape index (κ2) is 4.46. The summed E-state index contributed by atoms with van der Waals surface area (Å²) in [7, 11) is 0. The predicted octanol–water partition coefficient (Wildman–Crippen LogP) is 2.21. The molecule has 0 bridgehead atoms. The van der Waals surface area contributed by atoms with Gasteiger partial charge in [0.15, 0.2) is 5.84 Å². The van der Waals surface area contributed by atoms with E-state index >= 15 is 0 Å². The van der Waals surface area contributed by atoms with Crippen LogP contribution in [0.15, 0.2) is 46.8 Å². The Balaban J connectivity index is 2.32. The van der Waals surface area contributed by atoms with Gasteiger partial charge in [-0.25, -0.2) is 9.98 Å². The summed E-state index contributed by atoms with van der Waals surface area (Å²) in [5.41, 5.74) is 1.00. The number of allylic oxidation sites excluding steroid dienone is 1. The molecule has 0 spiro atoms. The number of pyridine rings is 1. The lowest BCUT2D eigenvalue weighted by Crippen LogP contribution is -1.98. The average molecular weight is 185 g/mol. The van der Waals surface area contributed by atoms with Crippen LogP contribution in [-0.4, -0.2) is 17.0 Å². The van der Waals surface area contributed by atoms with Gasteiger partial charge in [-0.1, -0.05) is 6.08 Å². The lowest BCUT2D eigenvalue weighted by Gasteiger charge is -2.00. The normalized spacial score (nSPS) is 18.1. The summed E-state index contributed by atoms with van der Waals surface area (Å²) in [5.74, 6) is 0.753. The first-order chi connectivity index (χ1) is 6.97. The Morgan fingerprint density at radius 3 is 2.79 bits per heavy atom. The van der Waals surface area contributed by atoms with Crippen molar-refractivity contribution in [3.63, 3.8) is 0 Å². The molecule has 0 N–H and O–H groups in total. The van der Waals surface area contributed by atoms with Gasteiger partial charge in [0.2, 0.25) is 0 Å². The highest BCUT2D eigenvalue weighted by Crippen LogP contribution is 2.04. The number of aliphatic imine (C=N–C) groups is 2. The van der Waals surface area contributed by atoms with Crippen LogP contribution in [0.2, 0.25) is 0 Å². The highest BCUT2D eigenvalue weighted by molar-refractivity contribution is 6.03. The maximum atomic E-state index is 4.30. The monoisotopic (exact) mass is 185 g/mol. The third kappa shape index (κ3) is 2.13. The molecule has 1 aromatic rings. The van der Waals surface area contributed by atoms with Crippen molar-refractivity contribution in [3.05, 3.63) is 42.4 Å². The van der Waals surface area contributed by atoms with Gasteiger partial charge in [-0.05, 0) is 25.0 Å². The van der Waals surface area contributed by atoms with Gasteiger partial charge < -0.3 is 0 Å². The zero-order valence-electron chi connectivity index (χ0n) is 7.80. The van der Waals surface area contributed by atoms with E-state index in [1.165, 1.54) is 0 Å². The second-order valence-corrected chi connectivity index (χ2v) is 2.96. The Kier molecular flexibility index (Phi) is 2.81. The molecule has 0 radical (unpaired) electrons. The van der Waals surface area contributed by atoms with Crippen LogP contribution < -0.4 is 0 Å². The summed E-state index contributed by atoms with van der Waals surface area (Å²) < 4.78 is 0. The first-order valence-corrected chi connectivity index (χ1v) is 4.62. The van der Waals surface area contributed by atoms with Crippen molar-refractivity contribution in [2.75, 3.05) is 0 Å². The highest BCUT2D eigenvalue weighted by Gasteiger charge is 1.99. The van der Waals surface area contributed by atoms with E-state index in [1.54, 1.807) is 12.4 Å². The Hall–Kier alpha value is -1.77. The Morgan fingerprint density at radius 2 is 1.93 bits per heavy atom. The van der Waals surface area contributed by atoms with Crippen LogP contribution in [0.5, 0.6) is 0 Å². The summed E-state index contributed by atoms with van der Waals surface area (Å²) >= 11 is 0. The van der Waals surface area contributed by atoms with Crippen LogP contribution >= 0.6 is 0 Å². The molecule has 2 rings (SSSR count). The van der Waals surface area contributed by atoms with E-state index in [-0.39, 0.29) is 0 Å². The van der Waals surface area contributed by atoms with Gasteiger partial charge in [-0.3, -0.25) is 4.98 Å². The van der Waals surface area contributed by atoms with Gasteiger partial charge in [-0.2, -0.15) is 0 Å². The molecule has 3 heteroatoms. The van der Waals surface area contributed by atoms with Crippen molar-refractivity contribution in [1.29, 1.82) is 0 Å². The third-order valence-corrected chi connectivity index (χ3v) is 1.92. The van der Waals surface area contributed by atoms with Crippen LogP contribution in [-0.2, 0) is 0 Å². The minimum Gasteiger partial charge on any atom is -0.265 e. The first-order valence-electron chi connectivity index (χ1n) is 4.62. The fourth-order valence-electron chi connectivity index (χ4n) is 1.20. The van der Waals surface area contributed by atoms with Gasteiger partial charge >= 0.3 is 0 Å². The van der Waals surface area contributed by atoms with E-state index in [4.69, 9.17) is 0 Å². The van der Waals surface area contributed by atoms with Crippen molar-refractivity contribution >= 4 is 12.1 Å². The molecule has 0 amide bonds. The minimum absolute atomic E-state index is 0.753. The molecule has 0 aliphatic carbocycles. The fourth-order valence-corrected chi connectivity index (χ4v) is 1.20. The Morgan fingerprint density at radius 1 is 1.07 bits per heavy atom. The van der Waals surface area contributed by atoms with Gasteiger partial charge in [0.05, 0.1) is 0 Å². The third-order valence-electron chi connectivity index (χ3n) is 1.92. The topological polar surface area (TPSA) is 37.6 Å². The van der Waals surface area contributed by atoms with Crippen LogP contribution in [0.25, 0.3) is 0 Å². The average Bonchev–Trinajstić information content (AvgIpc) is 2.18. The summed E-state index contributed by atoms with van der Waals surface area (Å²) in [6.45, 7) is 0. The van der Waals surface area contributed by atoms with Gasteiger partial charge in [-0.15, -0.1) is 0 Å². The minimum atomic E-state index is 0.753. The van der Waals surface area contributed by atoms with Gasteiger partial charge in [0, 0.05) is 30.4 Å². The number of hydrogen-bond donors (Lipinski definition) is 0. The quantitative estimate of drug-likeness (QED) is 0.661. The standard InChI is InChI=1S/C11H11N3/c1-2-6-13-11(14-7-3-1)10-4-8-12-9-5-10/h2,4-9H,1,3H2/b6-2-,13-11?,14-7?. The lowest BCUT2D eigenvalue weighted by atomic mass is 10.2. The number of amidine groups is 1. The molecule has 1 aromatic heterocycles. The zero-order valence-corrected chi connectivity index (χ0v) is 7.80. The summed E-state index contributed by atoms with van der Waals surface area (Å²) in [4.78, 5) is 12.5. The number of rotatable bonds is 1. The Labute approximate surface area is 82.9 Å². The van der Waals surface area contributed by atoms with Crippen molar-refractivity contribution in [1.82, 2.24) is 4.98 Å². The van der Waals surface area contributed by atoms with E-state index in [2.05, 4.69) is 15.0 Å². The molecule has 1 aliphatic rings. The molecule has 14 heavy (non-hydrogen) atoms. The molecule has 0 unspecified atom stereocenters. The predicted molar refractivity (Wildman–Crippen MR) is 57.6 cm³/mol. The number of hydrogen-bond acceptors (Lipinski definition) is 3. The molecule has 1 aliphatic heterocycles. The number of nitrogens with zero attached hydrogens (tertiary/aromatic N) is 3. The lowest BCUT2D eigenvalue weighted by molar-refractivity contribution is 1.10. The van der Waals surface area contributed by atoms with E-state index in [0.29, 0.717) is 0 Å². The molecular weight excluding hydrogens is 174 g/mol. The Bertz CT molecular complexity index is 377. The molecule has 0 saturated heterocycles. The largest absolute Gasteiger partial charge is 0.265 e. The van der Waals surface area contributed by atoms with E-state index in [0.717, 1.165) is 24.2 Å². The second-order valence-electron chi connectivity index (χ2n) is 2.96. The van der Waals surface area contributed by atoms with Crippen LogP contribution in [0.4, 0.5) is 0 Å². The van der Waals surface area contributed by atoms with Crippen LogP contribution in [0, 0.1) is 0 Å². The maximum absolute atomic E-state index is 4.30. The van der Waals surface area contributed by atoms with Crippen molar-refractivity contribution in [3.8, 4) is 0 Å². The molecule has 3 nitrogen and oxygen atoms in total. The smallest absolute Gasteiger partial charge is 0.158 e. The molecule has 0 atom stereocenters. The fraction of sp³-hybridized carbons (Fsp3) is 0.182. The SMILES string of the molecule is C1=NC(c2ccncc2)=N/C=C\CC1. The number of aromatic nitrogens is 1. The molecule has 0 fully saturated rings. The van der Waals surface area contributed by atoms with Crippen LogP contribution in [0.1, 0.15) is 18.4 Å². The summed E-state index contributed by atoms with van der Waals surface area (Å²) in [6.07, 6.45) is 11.2. The van der Waals surface area contributed by atoms with E-state index in [9.17, 15) is 0 Å². The van der Waals surface area contributed by atoms with E-state index in [1.807, 2.05) is 30.6 Å². The van der Waals surface area contributed by atoms with E-state index < -0.39 is 0 Å². The molecular formula is C11H11N3. The van der Waals surface area contributed by atoms with Crippen molar-refractivity contribution in [2.45, 2.75) is 12.8 Å². The molecule has 2 heterocycles. The van der Waals surface area contributed by atoms with Crippen LogP contribution in [0.3, 0.4) is 0 Å². The molecule has 0 saturated carbocycles. The zero-order chi connectivity index (χ0) is 9.64. The summed E-state index contributed by atoms with van der Waals surface area (Å²) in [5, 5.41) is 0.